The Morgan fingerprint density at radius 3 is 2.25 bits per heavy atom. The summed E-state index contributed by atoms with van der Waals surface area (Å²) in [5.74, 6) is 0. The van der Waals surface area contributed by atoms with Crippen molar-refractivity contribution >= 4 is 10.1 Å². The van der Waals surface area contributed by atoms with E-state index in [1.54, 1.807) is 24.3 Å². The average Bonchev–Trinajstić information content (AvgIpc) is 2.45. The maximum Gasteiger partial charge on any atom is 0.296 e. The van der Waals surface area contributed by atoms with E-state index in [4.69, 9.17) is 4.18 Å². The highest BCUT2D eigenvalue weighted by atomic mass is 32.2. The Bertz CT molecular complexity index is 631. The van der Waals surface area contributed by atoms with Gasteiger partial charge >= 0.3 is 0 Å². The van der Waals surface area contributed by atoms with Crippen molar-refractivity contribution in [2.75, 3.05) is 6.61 Å². The first-order valence-electron chi connectivity index (χ1n) is 6.58. The smallest absolute Gasteiger partial charge is 0.266 e. The molecule has 0 unspecified atom stereocenters. The summed E-state index contributed by atoms with van der Waals surface area (Å²) in [5, 5.41) is 0. The first-order valence-corrected chi connectivity index (χ1v) is 7.99. The number of aryl methyl sites for hydroxylation is 2. The van der Waals surface area contributed by atoms with Crippen LogP contribution < -0.4 is 0 Å². The third-order valence-electron chi connectivity index (χ3n) is 3.00. The van der Waals surface area contributed by atoms with Gasteiger partial charge in [0.05, 0.1) is 11.5 Å². The van der Waals surface area contributed by atoms with Gasteiger partial charge in [-0.2, -0.15) is 8.42 Å². The van der Waals surface area contributed by atoms with Crippen molar-refractivity contribution < 1.29 is 12.6 Å². The quantitative estimate of drug-likeness (QED) is 0.605. The molecular formula is C16H18O3S. The Labute approximate surface area is 120 Å². The molecule has 2 aromatic carbocycles. The van der Waals surface area contributed by atoms with Crippen LogP contribution in [0.25, 0.3) is 0 Å². The second kappa shape index (κ2) is 6.68. The van der Waals surface area contributed by atoms with E-state index in [1.807, 2.05) is 37.3 Å². The molecule has 0 aliphatic rings. The van der Waals surface area contributed by atoms with Crippen molar-refractivity contribution in [2.45, 2.75) is 24.7 Å². The SMILES string of the molecule is Cc1ccc(S(=O)(=O)OCCCc2ccccc2)cc1. The molecule has 0 fully saturated rings. The summed E-state index contributed by atoms with van der Waals surface area (Å²) in [7, 11) is -3.63. The van der Waals surface area contributed by atoms with Crippen LogP contribution in [0.4, 0.5) is 0 Å². The lowest BCUT2D eigenvalue weighted by atomic mass is 10.1. The van der Waals surface area contributed by atoms with Crippen LogP contribution in [0.5, 0.6) is 0 Å². The molecule has 0 aromatic heterocycles. The zero-order valence-corrected chi connectivity index (χ0v) is 12.3. The minimum Gasteiger partial charge on any atom is -0.266 e. The Morgan fingerprint density at radius 2 is 1.60 bits per heavy atom. The third-order valence-corrected chi connectivity index (χ3v) is 4.33. The van der Waals surface area contributed by atoms with Crippen LogP contribution in [0.2, 0.25) is 0 Å². The van der Waals surface area contributed by atoms with E-state index in [2.05, 4.69) is 0 Å². The molecule has 0 aliphatic carbocycles. The monoisotopic (exact) mass is 290 g/mol. The zero-order chi connectivity index (χ0) is 14.4. The molecule has 0 saturated carbocycles. The summed E-state index contributed by atoms with van der Waals surface area (Å²) >= 11 is 0. The number of benzene rings is 2. The average molecular weight is 290 g/mol. The Hall–Kier alpha value is -1.65. The van der Waals surface area contributed by atoms with Crippen molar-refractivity contribution in [1.82, 2.24) is 0 Å². The summed E-state index contributed by atoms with van der Waals surface area (Å²) in [4.78, 5) is 0.211. The van der Waals surface area contributed by atoms with Gasteiger partial charge in [0.15, 0.2) is 0 Å². The molecule has 0 N–H and O–H groups in total. The molecule has 4 heteroatoms. The van der Waals surface area contributed by atoms with Gasteiger partial charge in [0.25, 0.3) is 10.1 Å². The van der Waals surface area contributed by atoms with E-state index in [-0.39, 0.29) is 11.5 Å². The highest BCUT2D eigenvalue weighted by Gasteiger charge is 2.14. The van der Waals surface area contributed by atoms with Gasteiger partial charge in [0, 0.05) is 0 Å². The predicted octanol–water partition coefficient (Wildman–Crippen LogP) is 3.33. The fourth-order valence-electron chi connectivity index (χ4n) is 1.86. The van der Waals surface area contributed by atoms with Crippen molar-refractivity contribution in [3.63, 3.8) is 0 Å². The first-order chi connectivity index (χ1) is 9.58. The summed E-state index contributed by atoms with van der Waals surface area (Å²) in [6.07, 6.45) is 1.49. The second-order valence-electron chi connectivity index (χ2n) is 4.68. The van der Waals surface area contributed by atoms with Crippen LogP contribution in [0.15, 0.2) is 59.5 Å². The summed E-state index contributed by atoms with van der Waals surface area (Å²) in [5.41, 5.74) is 2.21. The molecule has 2 rings (SSSR count). The molecule has 0 atom stereocenters. The summed E-state index contributed by atoms with van der Waals surface area (Å²) < 4.78 is 28.9. The summed E-state index contributed by atoms with van der Waals surface area (Å²) in [6.45, 7) is 2.11. The third kappa shape index (κ3) is 4.18. The maximum atomic E-state index is 11.9. The lowest BCUT2D eigenvalue weighted by Gasteiger charge is -2.06. The van der Waals surface area contributed by atoms with Gasteiger partial charge in [-0.25, -0.2) is 0 Å². The largest absolute Gasteiger partial charge is 0.296 e. The van der Waals surface area contributed by atoms with E-state index in [9.17, 15) is 8.42 Å². The number of hydrogen-bond acceptors (Lipinski definition) is 3. The topological polar surface area (TPSA) is 43.4 Å². The van der Waals surface area contributed by atoms with Crippen LogP contribution in [0, 0.1) is 6.92 Å². The van der Waals surface area contributed by atoms with Gasteiger partial charge in [-0.05, 0) is 37.5 Å². The zero-order valence-electron chi connectivity index (χ0n) is 11.5. The minimum absolute atomic E-state index is 0.200. The van der Waals surface area contributed by atoms with Crippen molar-refractivity contribution in [1.29, 1.82) is 0 Å². The highest BCUT2D eigenvalue weighted by Crippen LogP contribution is 2.14. The van der Waals surface area contributed by atoms with Crippen molar-refractivity contribution in [2.24, 2.45) is 0 Å². The highest BCUT2D eigenvalue weighted by molar-refractivity contribution is 7.86. The van der Waals surface area contributed by atoms with Gasteiger partial charge in [-0.3, -0.25) is 4.18 Å². The van der Waals surface area contributed by atoms with Gasteiger partial charge in [-0.1, -0.05) is 48.0 Å². The normalized spacial score (nSPS) is 11.4. The molecule has 20 heavy (non-hydrogen) atoms. The lowest BCUT2D eigenvalue weighted by molar-refractivity contribution is 0.312. The second-order valence-corrected chi connectivity index (χ2v) is 6.29. The number of hydrogen-bond donors (Lipinski definition) is 0. The van der Waals surface area contributed by atoms with Gasteiger partial charge in [-0.15, -0.1) is 0 Å². The first kappa shape index (κ1) is 14.8. The Morgan fingerprint density at radius 1 is 0.950 bits per heavy atom. The molecule has 2 aromatic rings. The van der Waals surface area contributed by atoms with Gasteiger partial charge < -0.3 is 0 Å². The van der Waals surface area contributed by atoms with Crippen LogP contribution in [-0.2, 0) is 20.7 Å². The van der Waals surface area contributed by atoms with Crippen LogP contribution in [0.3, 0.4) is 0 Å². The minimum atomic E-state index is -3.63. The van der Waals surface area contributed by atoms with E-state index < -0.39 is 10.1 Å². The molecule has 3 nitrogen and oxygen atoms in total. The van der Waals surface area contributed by atoms with E-state index in [1.165, 1.54) is 5.56 Å². The van der Waals surface area contributed by atoms with E-state index in [0.717, 1.165) is 12.0 Å². The fourth-order valence-corrected chi connectivity index (χ4v) is 2.81. The molecule has 0 spiro atoms. The molecule has 0 heterocycles. The maximum absolute atomic E-state index is 11.9. The van der Waals surface area contributed by atoms with E-state index in [0.29, 0.717) is 6.42 Å². The molecule has 0 bridgehead atoms. The fraction of sp³-hybridized carbons (Fsp3) is 0.250. The molecular weight excluding hydrogens is 272 g/mol. The molecule has 106 valence electrons. The van der Waals surface area contributed by atoms with Crippen molar-refractivity contribution in [3.05, 3.63) is 65.7 Å². The standard InChI is InChI=1S/C16H18O3S/c1-14-9-11-16(12-10-14)20(17,18)19-13-5-8-15-6-3-2-4-7-15/h2-4,6-7,9-12H,5,8,13H2,1H3. The Balaban J connectivity index is 1.85. The van der Waals surface area contributed by atoms with Gasteiger partial charge in [0.2, 0.25) is 0 Å². The van der Waals surface area contributed by atoms with Crippen molar-refractivity contribution in [3.8, 4) is 0 Å². The molecule has 0 aliphatic heterocycles. The molecule has 0 radical (unpaired) electrons. The Kier molecular flexibility index (Phi) is 4.93. The van der Waals surface area contributed by atoms with Crippen LogP contribution in [0.1, 0.15) is 17.5 Å². The van der Waals surface area contributed by atoms with Crippen LogP contribution in [-0.4, -0.2) is 15.0 Å². The van der Waals surface area contributed by atoms with Gasteiger partial charge in [0.1, 0.15) is 0 Å². The lowest BCUT2D eigenvalue weighted by Crippen LogP contribution is -2.08. The molecule has 0 saturated heterocycles. The predicted molar refractivity (Wildman–Crippen MR) is 79.1 cm³/mol. The summed E-state index contributed by atoms with van der Waals surface area (Å²) in [6, 6.07) is 16.6. The van der Waals surface area contributed by atoms with E-state index >= 15 is 0 Å². The number of rotatable bonds is 6. The van der Waals surface area contributed by atoms with Crippen LogP contribution >= 0.6 is 0 Å². The molecule has 0 amide bonds.